The minimum atomic E-state index is 0.622. The quantitative estimate of drug-likeness (QED) is 0.845. The number of hydrogen-bond acceptors (Lipinski definition) is 3. The first-order valence-corrected chi connectivity index (χ1v) is 8.43. The van der Waals surface area contributed by atoms with Gasteiger partial charge in [-0.05, 0) is 48.4 Å². The molecule has 2 aliphatic heterocycles. The van der Waals surface area contributed by atoms with Gasteiger partial charge in [0.2, 0.25) is 0 Å². The van der Waals surface area contributed by atoms with Crippen molar-refractivity contribution in [1.29, 1.82) is 0 Å². The highest BCUT2D eigenvalue weighted by Crippen LogP contribution is 2.59. The molecule has 2 atom stereocenters. The molecule has 1 saturated carbocycles. The van der Waals surface area contributed by atoms with Crippen LogP contribution < -0.4 is 4.90 Å². The average molecular weight is 286 g/mol. The van der Waals surface area contributed by atoms with Gasteiger partial charge in [-0.15, -0.1) is 0 Å². The van der Waals surface area contributed by atoms with Crippen molar-refractivity contribution in [3.8, 4) is 0 Å². The SMILES string of the molecule is CCN1C[C@H]2CC2(Cc2ccc(N3CCOCC3)cc2)C1. The lowest BCUT2D eigenvalue weighted by Crippen LogP contribution is -2.36. The molecule has 114 valence electrons. The van der Waals surface area contributed by atoms with E-state index >= 15 is 0 Å². The maximum absolute atomic E-state index is 5.43. The van der Waals surface area contributed by atoms with Crippen LogP contribution in [-0.4, -0.2) is 50.8 Å². The van der Waals surface area contributed by atoms with Crippen molar-refractivity contribution in [3.05, 3.63) is 29.8 Å². The first kappa shape index (κ1) is 13.6. The number of fused-ring (bicyclic) bond motifs is 1. The Kier molecular flexibility index (Phi) is 3.43. The van der Waals surface area contributed by atoms with Crippen LogP contribution in [0.5, 0.6) is 0 Å². The van der Waals surface area contributed by atoms with E-state index in [4.69, 9.17) is 4.74 Å². The van der Waals surface area contributed by atoms with Gasteiger partial charge in [0.1, 0.15) is 0 Å². The van der Waals surface area contributed by atoms with Crippen molar-refractivity contribution in [2.45, 2.75) is 19.8 Å². The summed E-state index contributed by atoms with van der Waals surface area (Å²) in [5.41, 5.74) is 3.50. The Morgan fingerprint density at radius 1 is 1.19 bits per heavy atom. The first-order valence-electron chi connectivity index (χ1n) is 8.43. The topological polar surface area (TPSA) is 15.7 Å². The van der Waals surface area contributed by atoms with Crippen LogP contribution in [0.1, 0.15) is 18.9 Å². The van der Waals surface area contributed by atoms with Gasteiger partial charge < -0.3 is 14.5 Å². The molecule has 2 saturated heterocycles. The lowest BCUT2D eigenvalue weighted by atomic mass is 9.95. The van der Waals surface area contributed by atoms with Crippen molar-refractivity contribution in [3.63, 3.8) is 0 Å². The van der Waals surface area contributed by atoms with E-state index in [1.165, 1.54) is 43.7 Å². The van der Waals surface area contributed by atoms with Gasteiger partial charge in [0.15, 0.2) is 0 Å². The van der Waals surface area contributed by atoms with E-state index in [-0.39, 0.29) is 0 Å². The molecule has 3 nitrogen and oxygen atoms in total. The van der Waals surface area contributed by atoms with Crippen LogP contribution >= 0.6 is 0 Å². The van der Waals surface area contributed by atoms with Gasteiger partial charge in [-0.2, -0.15) is 0 Å². The van der Waals surface area contributed by atoms with E-state index in [1.807, 2.05) is 0 Å². The fourth-order valence-corrected chi connectivity index (χ4v) is 4.27. The summed E-state index contributed by atoms with van der Waals surface area (Å²) < 4.78 is 5.43. The number of piperidine rings is 1. The molecule has 1 unspecified atom stereocenters. The summed E-state index contributed by atoms with van der Waals surface area (Å²) in [6.07, 6.45) is 2.73. The van der Waals surface area contributed by atoms with Crippen LogP contribution in [-0.2, 0) is 11.2 Å². The Hall–Kier alpha value is -1.06. The van der Waals surface area contributed by atoms with Crippen LogP contribution in [0, 0.1) is 11.3 Å². The monoisotopic (exact) mass is 286 g/mol. The molecule has 4 rings (SSSR count). The fraction of sp³-hybridized carbons (Fsp3) is 0.667. The van der Waals surface area contributed by atoms with Crippen molar-refractivity contribution < 1.29 is 4.74 Å². The Balaban J connectivity index is 1.41. The second-order valence-electron chi connectivity index (χ2n) is 7.03. The minimum Gasteiger partial charge on any atom is -0.378 e. The zero-order valence-corrected chi connectivity index (χ0v) is 13.1. The predicted molar refractivity (Wildman–Crippen MR) is 85.8 cm³/mol. The number of benzene rings is 1. The molecule has 1 aromatic carbocycles. The molecule has 0 N–H and O–H groups in total. The van der Waals surface area contributed by atoms with Gasteiger partial charge in [-0.25, -0.2) is 0 Å². The Morgan fingerprint density at radius 3 is 2.62 bits per heavy atom. The maximum atomic E-state index is 5.43. The molecular formula is C18H26N2O. The summed E-state index contributed by atoms with van der Waals surface area (Å²) in [6, 6.07) is 9.31. The van der Waals surface area contributed by atoms with E-state index in [0.29, 0.717) is 5.41 Å². The summed E-state index contributed by atoms with van der Waals surface area (Å²) in [4.78, 5) is 5.05. The molecule has 3 aliphatic rings. The summed E-state index contributed by atoms with van der Waals surface area (Å²) >= 11 is 0. The Morgan fingerprint density at radius 2 is 1.95 bits per heavy atom. The highest BCUT2D eigenvalue weighted by molar-refractivity contribution is 5.48. The highest BCUT2D eigenvalue weighted by Gasteiger charge is 2.58. The summed E-state index contributed by atoms with van der Waals surface area (Å²) in [6.45, 7) is 9.93. The van der Waals surface area contributed by atoms with Crippen molar-refractivity contribution >= 4 is 5.69 Å². The molecule has 0 spiro atoms. The van der Waals surface area contributed by atoms with Crippen LogP contribution in [0.2, 0.25) is 0 Å². The van der Waals surface area contributed by atoms with E-state index in [0.717, 1.165) is 32.2 Å². The summed E-state index contributed by atoms with van der Waals surface area (Å²) in [7, 11) is 0. The third kappa shape index (κ3) is 2.58. The van der Waals surface area contributed by atoms with Crippen LogP contribution in [0.15, 0.2) is 24.3 Å². The molecule has 0 radical (unpaired) electrons. The van der Waals surface area contributed by atoms with Gasteiger partial charge in [-0.3, -0.25) is 0 Å². The smallest absolute Gasteiger partial charge is 0.0642 e. The zero-order chi connectivity index (χ0) is 14.3. The second-order valence-corrected chi connectivity index (χ2v) is 7.03. The van der Waals surface area contributed by atoms with Gasteiger partial charge in [-0.1, -0.05) is 19.1 Å². The standard InChI is InChI=1S/C18H26N2O/c1-2-19-13-16-12-18(16,14-19)11-15-3-5-17(6-4-15)20-7-9-21-10-8-20/h3-6,16H,2,7-14H2,1H3/t16-,18?/m1/s1. The zero-order valence-electron chi connectivity index (χ0n) is 13.1. The molecule has 3 fully saturated rings. The molecule has 21 heavy (non-hydrogen) atoms. The first-order chi connectivity index (χ1) is 10.3. The van der Waals surface area contributed by atoms with E-state index in [1.54, 1.807) is 0 Å². The van der Waals surface area contributed by atoms with Gasteiger partial charge in [0.25, 0.3) is 0 Å². The highest BCUT2D eigenvalue weighted by atomic mass is 16.5. The largest absolute Gasteiger partial charge is 0.378 e. The van der Waals surface area contributed by atoms with Gasteiger partial charge in [0, 0.05) is 31.9 Å². The number of likely N-dealkylation sites (tertiary alicyclic amines) is 1. The molecule has 2 heterocycles. The van der Waals surface area contributed by atoms with Crippen molar-refractivity contribution in [1.82, 2.24) is 4.90 Å². The Labute approximate surface area is 127 Å². The average Bonchev–Trinajstić information content (AvgIpc) is 3.08. The maximum Gasteiger partial charge on any atom is 0.0642 e. The number of hydrogen-bond donors (Lipinski definition) is 0. The molecule has 1 aliphatic carbocycles. The van der Waals surface area contributed by atoms with Gasteiger partial charge in [0.05, 0.1) is 13.2 Å². The third-order valence-electron chi connectivity index (χ3n) is 5.69. The molecule has 0 amide bonds. The lowest BCUT2D eigenvalue weighted by molar-refractivity contribution is 0.122. The van der Waals surface area contributed by atoms with E-state index in [9.17, 15) is 0 Å². The number of ether oxygens (including phenoxy) is 1. The molecule has 1 aromatic rings. The number of rotatable bonds is 4. The third-order valence-corrected chi connectivity index (χ3v) is 5.69. The predicted octanol–water partition coefficient (Wildman–Crippen LogP) is 2.41. The van der Waals surface area contributed by atoms with Crippen LogP contribution in [0.25, 0.3) is 0 Å². The molecule has 0 aromatic heterocycles. The second kappa shape index (κ2) is 5.29. The Bertz CT molecular complexity index is 494. The van der Waals surface area contributed by atoms with Crippen molar-refractivity contribution in [2.75, 3.05) is 50.8 Å². The van der Waals surface area contributed by atoms with E-state index < -0.39 is 0 Å². The number of morpholine rings is 1. The van der Waals surface area contributed by atoms with E-state index in [2.05, 4.69) is 41.0 Å². The lowest BCUT2D eigenvalue weighted by Gasteiger charge is -2.29. The normalized spacial score (nSPS) is 32.2. The summed E-state index contributed by atoms with van der Waals surface area (Å²) in [5, 5.41) is 0. The van der Waals surface area contributed by atoms with Gasteiger partial charge >= 0.3 is 0 Å². The van der Waals surface area contributed by atoms with Crippen LogP contribution in [0.3, 0.4) is 0 Å². The fourth-order valence-electron chi connectivity index (χ4n) is 4.27. The summed E-state index contributed by atoms with van der Waals surface area (Å²) in [5.74, 6) is 0.969. The molecular weight excluding hydrogens is 260 g/mol. The number of anilines is 1. The van der Waals surface area contributed by atoms with Crippen molar-refractivity contribution in [2.24, 2.45) is 11.3 Å². The van der Waals surface area contributed by atoms with Crippen LogP contribution in [0.4, 0.5) is 5.69 Å². The molecule has 0 bridgehead atoms. The number of nitrogens with zero attached hydrogens (tertiary/aromatic N) is 2. The molecule has 3 heteroatoms. The minimum absolute atomic E-state index is 0.622.